The highest BCUT2D eigenvalue weighted by Crippen LogP contribution is 2.30. The van der Waals surface area contributed by atoms with Crippen molar-refractivity contribution in [2.75, 3.05) is 12.9 Å². The minimum atomic E-state index is -0.227. The van der Waals surface area contributed by atoms with Gasteiger partial charge in [-0.25, -0.2) is 10.4 Å². The van der Waals surface area contributed by atoms with Crippen molar-refractivity contribution in [2.24, 2.45) is 5.10 Å². The third kappa shape index (κ3) is 7.48. The number of thiazole rings is 1. The lowest BCUT2D eigenvalue weighted by atomic mass is 10.2. The SMILES string of the molecule is COc1cc(/C=N/NC(=O)CSc2nc(-c3ccc(Cl)cc3)cs2)ccc1OCc1ccc(Cl)cc1. The number of nitrogens with zero attached hydrogens (tertiary/aromatic N) is 2. The molecular weight excluding hydrogens is 537 g/mol. The predicted octanol–water partition coefficient (Wildman–Crippen LogP) is 6.95. The van der Waals surface area contributed by atoms with Crippen molar-refractivity contribution >= 4 is 58.4 Å². The second-order valence-corrected chi connectivity index (χ2v) is 10.4. The Hall–Kier alpha value is -3.04. The normalized spacial score (nSPS) is 11.0. The highest BCUT2D eigenvalue weighted by molar-refractivity contribution is 8.01. The van der Waals surface area contributed by atoms with Crippen LogP contribution in [0.4, 0.5) is 0 Å². The maximum absolute atomic E-state index is 12.2. The van der Waals surface area contributed by atoms with Crippen molar-refractivity contribution in [1.29, 1.82) is 0 Å². The van der Waals surface area contributed by atoms with Gasteiger partial charge in [-0.05, 0) is 53.6 Å². The van der Waals surface area contributed by atoms with E-state index in [-0.39, 0.29) is 11.7 Å². The lowest BCUT2D eigenvalue weighted by Crippen LogP contribution is -2.19. The Labute approximate surface area is 227 Å². The van der Waals surface area contributed by atoms with Gasteiger partial charge in [0.2, 0.25) is 0 Å². The summed E-state index contributed by atoms with van der Waals surface area (Å²) >= 11 is 14.7. The molecule has 0 saturated heterocycles. The maximum Gasteiger partial charge on any atom is 0.250 e. The lowest BCUT2D eigenvalue weighted by Gasteiger charge is -2.11. The minimum Gasteiger partial charge on any atom is -0.493 e. The standard InChI is InChI=1S/C26H21Cl2N3O3S2/c1-33-24-12-18(4-11-23(24)34-14-17-2-7-20(27)8-3-17)13-29-31-25(32)16-36-26-30-22(15-35-26)19-5-9-21(28)10-6-19/h2-13,15H,14,16H2,1H3,(H,31,32)/b29-13+. The van der Waals surface area contributed by atoms with Crippen LogP contribution in [0.3, 0.4) is 0 Å². The molecule has 1 amide bonds. The first-order valence-electron chi connectivity index (χ1n) is 10.7. The fourth-order valence-corrected chi connectivity index (χ4v) is 4.92. The van der Waals surface area contributed by atoms with Crippen LogP contribution in [0.1, 0.15) is 11.1 Å². The minimum absolute atomic E-state index is 0.200. The molecule has 0 radical (unpaired) electrons. The number of ether oxygens (including phenoxy) is 2. The van der Waals surface area contributed by atoms with Crippen LogP contribution in [0.15, 0.2) is 81.6 Å². The van der Waals surface area contributed by atoms with Gasteiger partial charge < -0.3 is 9.47 Å². The van der Waals surface area contributed by atoms with E-state index >= 15 is 0 Å². The summed E-state index contributed by atoms with van der Waals surface area (Å²) in [5.74, 6) is 1.14. The Morgan fingerprint density at radius 2 is 1.78 bits per heavy atom. The smallest absolute Gasteiger partial charge is 0.250 e. The summed E-state index contributed by atoms with van der Waals surface area (Å²) in [4.78, 5) is 16.8. The van der Waals surface area contributed by atoms with Gasteiger partial charge in [-0.2, -0.15) is 5.10 Å². The summed E-state index contributed by atoms with van der Waals surface area (Å²) < 4.78 is 12.1. The fourth-order valence-electron chi connectivity index (χ4n) is 3.04. The van der Waals surface area contributed by atoms with Crippen molar-refractivity contribution < 1.29 is 14.3 Å². The first-order valence-corrected chi connectivity index (χ1v) is 13.3. The third-order valence-electron chi connectivity index (χ3n) is 4.85. The first-order chi connectivity index (χ1) is 17.5. The quantitative estimate of drug-likeness (QED) is 0.130. The number of benzene rings is 3. The number of halogens is 2. The molecule has 1 aromatic heterocycles. The zero-order valence-corrected chi connectivity index (χ0v) is 22.3. The Bertz CT molecular complexity index is 1340. The maximum atomic E-state index is 12.2. The number of amides is 1. The third-order valence-corrected chi connectivity index (χ3v) is 7.37. The van der Waals surface area contributed by atoms with E-state index in [2.05, 4.69) is 15.5 Å². The summed E-state index contributed by atoms with van der Waals surface area (Å²) in [7, 11) is 1.57. The van der Waals surface area contributed by atoms with Gasteiger partial charge >= 0.3 is 0 Å². The molecule has 0 fully saturated rings. The summed E-state index contributed by atoms with van der Waals surface area (Å²) in [6.45, 7) is 0.384. The van der Waals surface area contributed by atoms with Crippen LogP contribution in [0.25, 0.3) is 11.3 Å². The predicted molar refractivity (Wildman–Crippen MR) is 148 cm³/mol. The molecule has 3 aromatic carbocycles. The van der Waals surface area contributed by atoms with Gasteiger partial charge in [0, 0.05) is 21.0 Å². The number of methoxy groups -OCH3 is 1. The van der Waals surface area contributed by atoms with E-state index in [9.17, 15) is 4.79 Å². The number of rotatable bonds is 10. The average Bonchev–Trinajstić information content (AvgIpc) is 3.37. The number of aromatic nitrogens is 1. The Balaban J connectivity index is 1.26. The van der Waals surface area contributed by atoms with Crippen molar-refractivity contribution in [3.8, 4) is 22.8 Å². The highest BCUT2D eigenvalue weighted by atomic mass is 35.5. The zero-order valence-electron chi connectivity index (χ0n) is 19.1. The van der Waals surface area contributed by atoms with E-state index in [1.165, 1.54) is 23.1 Å². The zero-order chi connectivity index (χ0) is 25.3. The van der Waals surface area contributed by atoms with E-state index in [0.717, 1.165) is 26.7 Å². The topological polar surface area (TPSA) is 72.8 Å². The molecule has 0 saturated carbocycles. The van der Waals surface area contributed by atoms with E-state index in [1.807, 2.05) is 60.0 Å². The highest BCUT2D eigenvalue weighted by Gasteiger charge is 2.09. The molecule has 4 aromatic rings. The first kappa shape index (κ1) is 26.0. The number of nitrogens with one attached hydrogen (secondary N) is 1. The molecule has 6 nitrogen and oxygen atoms in total. The number of hydrazone groups is 1. The van der Waals surface area contributed by atoms with Gasteiger partial charge in [0.15, 0.2) is 15.8 Å². The molecule has 1 N–H and O–H groups in total. The Morgan fingerprint density at radius 1 is 1.06 bits per heavy atom. The van der Waals surface area contributed by atoms with Gasteiger partial charge in [-0.1, -0.05) is 59.2 Å². The summed E-state index contributed by atoms with van der Waals surface area (Å²) in [5.41, 5.74) is 6.12. The molecule has 0 aliphatic heterocycles. The van der Waals surface area contributed by atoms with Gasteiger partial charge in [0.05, 0.1) is 24.8 Å². The molecule has 0 unspecified atom stereocenters. The van der Waals surface area contributed by atoms with Crippen molar-refractivity contribution in [1.82, 2.24) is 10.4 Å². The molecule has 36 heavy (non-hydrogen) atoms. The van der Waals surface area contributed by atoms with Crippen LogP contribution in [0.5, 0.6) is 11.5 Å². The summed E-state index contributed by atoms with van der Waals surface area (Å²) in [5, 5.41) is 7.36. The Morgan fingerprint density at radius 3 is 2.50 bits per heavy atom. The fraction of sp³-hybridized carbons (Fsp3) is 0.115. The summed E-state index contributed by atoms with van der Waals surface area (Å²) in [6.07, 6.45) is 1.55. The molecule has 4 rings (SSSR count). The van der Waals surface area contributed by atoms with Crippen molar-refractivity contribution in [3.05, 3.63) is 93.3 Å². The molecule has 184 valence electrons. The van der Waals surface area contributed by atoms with Gasteiger partial charge in [-0.15, -0.1) is 11.3 Å². The van der Waals surface area contributed by atoms with Crippen LogP contribution in [-0.2, 0) is 11.4 Å². The molecule has 0 aliphatic rings. The van der Waals surface area contributed by atoms with E-state index in [0.29, 0.717) is 28.2 Å². The molecule has 0 aliphatic carbocycles. The molecule has 0 spiro atoms. The van der Waals surface area contributed by atoms with E-state index in [1.54, 1.807) is 25.5 Å². The number of hydrogen-bond acceptors (Lipinski definition) is 7. The van der Waals surface area contributed by atoms with Crippen molar-refractivity contribution in [3.63, 3.8) is 0 Å². The number of carbonyl (C=O) groups is 1. The molecule has 0 atom stereocenters. The van der Waals surface area contributed by atoms with Crippen LogP contribution < -0.4 is 14.9 Å². The molecule has 1 heterocycles. The summed E-state index contributed by atoms with van der Waals surface area (Å²) in [6, 6.07) is 20.4. The van der Waals surface area contributed by atoms with Gasteiger partial charge in [0.1, 0.15) is 6.61 Å². The van der Waals surface area contributed by atoms with Crippen LogP contribution in [0, 0.1) is 0 Å². The van der Waals surface area contributed by atoms with E-state index in [4.69, 9.17) is 32.7 Å². The largest absolute Gasteiger partial charge is 0.493 e. The van der Waals surface area contributed by atoms with Crippen molar-refractivity contribution in [2.45, 2.75) is 10.9 Å². The monoisotopic (exact) mass is 557 g/mol. The van der Waals surface area contributed by atoms with Gasteiger partial charge in [-0.3, -0.25) is 4.79 Å². The van der Waals surface area contributed by atoms with E-state index < -0.39 is 0 Å². The number of hydrogen-bond donors (Lipinski definition) is 1. The second-order valence-electron chi connectivity index (χ2n) is 7.41. The second kappa shape index (κ2) is 12.8. The average molecular weight is 559 g/mol. The molecular formula is C26H21Cl2N3O3S2. The van der Waals surface area contributed by atoms with Crippen LogP contribution >= 0.6 is 46.3 Å². The number of carbonyl (C=O) groups excluding carboxylic acids is 1. The number of thioether (sulfide) groups is 1. The molecule has 10 heteroatoms. The van der Waals surface area contributed by atoms with Crippen LogP contribution in [-0.4, -0.2) is 30.0 Å². The van der Waals surface area contributed by atoms with Crippen LogP contribution in [0.2, 0.25) is 10.0 Å². The molecule has 0 bridgehead atoms. The van der Waals surface area contributed by atoms with Gasteiger partial charge in [0.25, 0.3) is 5.91 Å². The lowest BCUT2D eigenvalue weighted by molar-refractivity contribution is -0.118. The Kier molecular flexibility index (Phi) is 9.24.